The van der Waals surface area contributed by atoms with Crippen LogP contribution >= 0.6 is 0 Å². The lowest BCUT2D eigenvalue weighted by Crippen LogP contribution is -2.02. The quantitative estimate of drug-likeness (QED) is 0.711. The molecule has 0 radical (unpaired) electrons. The summed E-state index contributed by atoms with van der Waals surface area (Å²) in [7, 11) is 1.67. The molecule has 1 heterocycles. The normalized spacial score (nSPS) is 20.7. The molecule has 0 aliphatic heterocycles. The maximum absolute atomic E-state index is 5.25. The minimum Gasteiger partial charge on any atom is -0.384 e. The second kappa shape index (κ2) is 5.07. The van der Waals surface area contributed by atoms with Gasteiger partial charge in [-0.1, -0.05) is 17.3 Å². The van der Waals surface area contributed by atoms with Crippen molar-refractivity contribution >= 4 is 0 Å². The van der Waals surface area contributed by atoms with Gasteiger partial charge in [-0.2, -0.15) is 4.98 Å². The molecule has 0 N–H and O–H groups in total. The Labute approximate surface area is 89.3 Å². The number of nitrogens with zero attached hydrogens (tertiary/aromatic N) is 2. The van der Waals surface area contributed by atoms with Gasteiger partial charge in [-0.3, -0.25) is 0 Å². The third-order valence-electron chi connectivity index (χ3n) is 2.63. The molecule has 0 aromatic carbocycles. The van der Waals surface area contributed by atoms with Crippen LogP contribution in [-0.4, -0.2) is 23.9 Å². The highest BCUT2D eigenvalue weighted by atomic mass is 16.5. The minimum absolute atomic E-state index is 0.416. The first-order valence-corrected chi connectivity index (χ1v) is 5.36. The van der Waals surface area contributed by atoms with E-state index in [9.17, 15) is 0 Å². The molecule has 2 rings (SSSR count). The van der Waals surface area contributed by atoms with Gasteiger partial charge in [-0.15, -0.1) is 0 Å². The first-order valence-electron chi connectivity index (χ1n) is 5.36. The summed E-state index contributed by atoms with van der Waals surface area (Å²) in [6, 6.07) is 0. The summed E-state index contributed by atoms with van der Waals surface area (Å²) in [5.41, 5.74) is 0. The third kappa shape index (κ3) is 2.65. The molecule has 4 nitrogen and oxygen atoms in total. The molecule has 1 aromatic heterocycles. The third-order valence-corrected chi connectivity index (χ3v) is 2.63. The lowest BCUT2D eigenvalue weighted by molar-refractivity contribution is 0.199. The molecule has 0 spiro atoms. The fourth-order valence-electron chi connectivity index (χ4n) is 1.75. The Morgan fingerprint density at radius 2 is 2.47 bits per heavy atom. The molecule has 15 heavy (non-hydrogen) atoms. The predicted octanol–water partition coefficient (Wildman–Crippen LogP) is 2.08. The van der Waals surface area contributed by atoms with Crippen LogP contribution in [-0.2, 0) is 11.2 Å². The van der Waals surface area contributed by atoms with Crippen LogP contribution in [0.1, 0.15) is 36.9 Å². The summed E-state index contributed by atoms with van der Waals surface area (Å²) in [6.45, 7) is 0.642. The Kier molecular flexibility index (Phi) is 3.50. The second-order valence-electron chi connectivity index (χ2n) is 3.77. The monoisotopic (exact) mass is 208 g/mol. The van der Waals surface area contributed by atoms with Crippen LogP contribution in [0, 0.1) is 0 Å². The van der Waals surface area contributed by atoms with Crippen molar-refractivity contribution < 1.29 is 9.26 Å². The van der Waals surface area contributed by atoms with Crippen molar-refractivity contribution in [2.24, 2.45) is 0 Å². The summed E-state index contributed by atoms with van der Waals surface area (Å²) in [5, 5.41) is 3.94. The predicted molar refractivity (Wildman–Crippen MR) is 55.6 cm³/mol. The van der Waals surface area contributed by atoms with Crippen molar-refractivity contribution in [1.29, 1.82) is 0 Å². The molecule has 1 atom stereocenters. The van der Waals surface area contributed by atoms with Gasteiger partial charge in [0.2, 0.25) is 5.89 Å². The Hall–Kier alpha value is -1.16. The number of allylic oxidation sites excluding steroid dienone is 2. The van der Waals surface area contributed by atoms with Gasteiger partial charge >= 0.3 is 0 Å². The SMILES string of the molecule is COCCc1noc([C@@H]2CC=CCC2)n1. The van der Waals surface area contributed by atoms with E-state index < -0.39 is 0 Å². The van der Waals surface area contributed by atoms with E-state index in [-0.39, 0.29) is 0 Å². The van der Waals surface area contributed by atoms with E-state index in [1.165, 1.54) is 0 Å². The summed E-state index contributed by atoms with van der Waals surface area (Å²) in [4.78, 5) is 4.38. The van der Waals surface area contributed by atoms with E-state index in [2.05, 4.69) is 22.3 Å². The van der Waals surface area contributed by atoms with Crippen LogP contribution < -0.4 is 0 Å². The minimum atomic E-state index is 0.416. The molecule has 0 saturated carbocycles. The summed E-state index contributed by atoms with van der Waals surface area (Å²) < 4.78 is 10.2. The summed E-state index contributed by atoms with van der Waals surface area (Å²) in [6.07, 6.45) is 8.36. The molecule has 1 aromatic rings. The van der Waals surface area contributed by atoms with E-state index in [1.807, 2.05) is 0 Å². The zero-order chi connectivity index (χ0) is 10.5. The van der Waals surface area contributed by atoms with Crippen LogP contribution in [0.3, 0.4) is 0 Å². The van der Waals surface area contributed by atoms with Gasteiger partial charge in [0, 0.05) is 19.4 Å². The van der Waals surface area contributed by atoms with Gasteiger partial charge in [0.1, 0.15) is 0 Å². The van der Waals surface area contributed by atoms with Gasteiger partial charge in [-0.05, 0) is 19.3 Å². The molecule has 82 valence electrons. The van der Waals surface area contributed by atoms with Crippen LogP contribution in [0.15, 0.2) is 16.7 Å². The van der Waals surface area contributed by atoms with Crippen LogP contribution in [0.25, 0.3) is 0 Å². The van der Waals surface area contributed by atoms with Gasteiger partial charge in [-0.25, -0.2) is 0 Å². The molecular weight excluding hydrogens is 192 g/mol. The zero-order valence-electron chi connectivity index (χ0n) is 8.98. The van der Waals surface area contributed by atoms with Crippen molar-refractivity contribution in [3.8, 4) is 0 Å². The molecule has 0 amide bonds. The van der Waals surface area contributed by atoms with Gasteiger partial charge in [0.15, 0.2) is 5.82 Å². The van der Waals surface area contributed by atoms with Gasteiger partial charge in [0.05, 0.1) is 6.61 Å². The molecule has 1 aliphatic carbocycles. The number of rotatable bonds is 4. The fourth-order valence-corrected chi connectivity index (χ4v) is 1.75. The van der Waals surface area contributed by atoms with E-state index in [0.29, 0.717) is 12.5 Å². The highest BCUT2D eigenvalue weighted by molar-refractivity contribution is 5.02. The van der Waals surface area contributed by atoms with Crippen LogP contribution in [0.2, 0.25) is 0 Å². The molecule has 4 heteroatoms. The molecule has 0 saturated heterocycles. The second-order valence-corrected chi connectivity index (χ2v) is 3.77. The fraction of sp³-hybridized carbons (Fsp3) is 0.636. The Morgan fingerprint density at radius 1 is 1.53 bits per heavy atom. The smallest absolute Gasteiger partial charge is 0.230 e. The highest BCUT2D eigenvalue weighted by Crippen LogP contribution is 2.27. The topological polar surface area (TPSA) is 48.2 Å². The largest absolute Gasteiger partial charge is 0.384 e. The van der Waals surface area contributed by atoms with E-state index in [0.717, 1.165) is 37.4 Å². The number of hydrogen-bond acceptors (Lipinski definition) is 4. The summed E-state index contributed by atoms with van der Waals surface area (Å²) >= 11 is 0. The Bertz CT molecular complexity index is 333. The van der Waals surface area contributed by atoms with Crippen molar-refractivity contribution in [3.05, 3.63) is 23.9 Å². The molecular formula is C11H16N2O2. The molecule has 0 bridgehead atoms. The highest BCUT2D eigenvalue weighted by Gasteiger charge is 2.18. The van der Waals surface area contributed by atoms with Crippen molar-refractivity contribution in [3.63, 3.8) is 0 Å². The van der Waals surface area contributed by atoms with Crippen LogP contribution in [0.5, 0.6) is 0 Å². The maximum atomic E-state index is 5.25. The van der Waals surface area contributed by atoms with Gasteiger partial charge in [0.25, 0.3) is 0 Å². The van der Waals surface area contributed by atoms with E-state index in [1.54, 1.807) is 7.11 Å². The molecule has 0 fully saturated rings. The van der Waals surface area contributed by atoms with E-state index in [4.69, 9.17) is 9.26 Å². The number of hydrogen-bond donors (Lipinski definition) is 0. The standard InChI is InChI=1S/C11H16N2O2/c1-14-8-7-10-12-11(15-13-10)9-5-3-2-4-6-9/h2-3,9H,4-8H2,1H3/t9-/m1/s1. The van der Waals surface area contributed by atoms with Crippen molar-refractivity contribution in [2.45, 2.75) is 31.6 Å². The Balaban J connectivity index is 1.96. The first kappa shape index (κ1) is 10.4. The summed E-state index contributed by atoms with van der Waals surface area (Å²) in [5.74, 6) is 1.95. The lowest BCUT2D eigenvalue weighted by atomic mass is 9.94. The number of ether oxygens (including phenoxy) is 1. The average molecular weight is 208 g/mol. The Morgan fingerprint density at radius 3 is 3.20 bits per heavy atom. The maximum Gasteiger partial charge on any atom is 0.230 e. The van der Waals surface area contributed by atoms with Gasteiger partial charge < -0.3 is 9.26 Å². The van der Waals surface area contributed by atoms with Crippen LogP contribution in [0.4, 0.5) is 0 Å². The van der Waals surface area contributed by atoms with Crippen molar-refractivity contribution in [1.82, 2.24) is 10.1 Å². The molecule has 0 unspecified atom stereocenters. The molecule has 1 aliphatic rings. The number of methoxy groups -OCH3 is 1. The average Bonchev–Trinajstić information content (AvgIpc) is 2.76. The van der Waals surface area contributed by atoms with E-state index >= 15 is 0 Å². The number of aromatic nitrogens is 2. The lowest BCUT2D eigenvalue weighted by Gasteiger charge is -2.12. The zero-order valence-corrected chi connectivity index (χ0v) is 8.98. The first-order chi connectivity index (χ1) is 7.40. The van der Waals surface area contributed by atoms with Crippen molar-refractivity contribution in [2.75, 3.05) is 13.7 Å².